The van der Waals surface area contributed by atoms with Crippen LogP contribution in [-0.2, 0) is 16.0 Å². The van der Waals surface area contributed by atoms with E-state index in [0.717, 1.165) is 0 Å². The first-order chi connectivity index (χ1) is 12.4. The van der Waals surface area contributed by atoms with Gasteiger partial charge in [0, 0.05) is 6.42 Å². The van der Waals surface area contributed by atoms with Gasteiger partial charge in [-0.1, -0.05) is 12.1 Å². The number of aryl methyl sites for hydroxylation is 1. The summed E-state index contributed by atoms with van der Waals surface area (Å²) >= 11 is 0. The van der Waals surface area contributed by atoms with Gasteiger partial charge in [0.25, 0.3) is 0 Å². The zero-order chi connectivity index (χ0) is 20.8. The number of hydrogen-bond donors (Lipinski definition) is 3. The maximum atomic E-state index is 11.2. The normalized spacial score (nSPS) is 12.0. The summed E-state index contributed by atoms with van der Waals surface area (Å²) in [6.07, 6.45) is -4.78. The SMILES string of the molecule is O=C([O-])C(F)(F)F.[NH3+][C@@H](CCc1nc2ccccc2nc1C(=O)O)C(=O)O. The topological polar surface area (TPSA) is 168 Å². The van der Waals surface area contributed by atoms with Crippen LogP contribution in [0.1, 0.15) is 22.6 Å². The number of nitrogens with zero attached hydrogens (tertiary/aromatic N) is 2. The van der Waals surface area contributed by atoms with Crippen molar-refractivity contribution in [3.63, 3.8) is 0 Å². The zero-order valence-corrected chi connectivity index (χ0v) is 13.6. The Balaban J connectivity index is 0.000000445. The molecule has 0 spiro atoms. The van der Waals surface area contributed by atoms with E-state index in [0.29, 0.717) is 11.0 Å². The molecule has 2 rings (SSSR count). The number of quaternary nitrogens is 1. The van der Waals surface area contributed by atoms with E-state index in [9.17, 15) is 22.8 Å². The van der Waals surface area contributed by atoms with Crippen molar-refractivity contribution in [2.24, 2.45) is 0 Å². The predicted molar refractivity (Wildman–Crippen MR) is 80.2 cm³/mol. The number of carbonyl (C=O) groups is 3. The highest BCUT2D eigenvalue weighted by Gasteiger charge is 2.28. The largest absolute Gasteiger partial charge is 0.542 e. The van der Waals surface area contributed by atoms with Crippen LogP contribution < -0.4 is 10.8 Å². The highest BCUT2D eigenvalue weighted by Crippen LogP contribution is 2.15. The van der Waals surface area contributed by atoms with E-state index >= 15 is 0 Å². The molecule has 1 aromatic carbocycles. The summed E-state index contributed by atoms with van der Waals surface area (Å²) in [6, 6.07) is 6.14. The first-order valence-corrected chi connectivity index (χ1v) is 7.26. The number of benzene rings is 1. The summed E-state index contributed by atoms with van der Waals surface area (Å²) in [4.78, 5) is 39.1. The summed E-state index contributed by atoms with van der Waals surface area (Å²) in [5.41, 5.74) is 4.72. The van der Waals surface area contributed by atoms with Gasteiger partial charge in [0.15, 0.2) is 11.7 Å². The van der Waals surface area contributed by atoms with E-state index in [1.54, 1.807) is 24.3 Å². The van der Waals surface area contributed by atoms with E-state index in [2.05, 4.69) is 15.7 Å². The summed E-state index contributed by atoms with van der Waals surface area (Å²) < 4.78 is 31.5. The Morgan fingerprint density at radius 3 is 2.00 bits per heavy atom. The van der Waals surface area contributed by atoms with Crippen molar-refractivity contribution in [1.82, 2.24) is 9.97 Å². The molecule has 27 heavy (non-hydrogen) atoms. The standard InChI is InChI=1S/C13H13N3O4.C2HF3O2/c14-7(12(17)18)5-6-10-11(13(19)20)16-9-4-2-1-3-8(9)15-10;3-2(4,5)1(6)7/h1-4,7H,5-6,14H2,(H,17,18)(H,19,20);(H,6,7)/t7-;/m0./s1. The monoisotopic (exact) mass is 389 g/mol. The van der Waals surface area contributed by atoms with Gasteiger partial charge in [0.1, 0.15) is 5.97 Å². The molecular formula is C15H14F3N3O6. The molecule has 0 aliphatic rings. The van der Waals surface area contributed by atoms with E-state index in [1.807, 2.05) is 0 Å². The highest BCUT2D eigenvalue weighted by atomic mass is 19.4. The van der Waals surface area contributed by atoms with Gasteiger partial charge >= 0.3 is 18.1 Å². The van der Waals surface area contributed by atoms with Gasteiger partial charge in [-0.15, -0.1) is 0 Å². The van der Waals surface area contributed by atoms with E-state index in [1.165, 1.54) is 0 Å². The highest BCUT2D eigenvalue weighted by molar-refractivity contribution is 5.89. The number of carbonyl (C=O) groups excluding carboxylic acids is 1. The Kier molecular flexibility index (Phi) is 7.17. The summed E-state index contributed by atoms with van der Waals surface area (Å²) in [5, 5.41) is 26.7. The van der Waals surface area contributed by atoms with Crippen molar-refractivity contribution < 1.29 is 48.6 Å². The number of fused-ring (bicyclic) bond motifs is 1. The Morgan fingerprint density at radius 2 is 1.59 bits per heavy atom. The van der Waals surface area contributed by atoms with Crippen LogP contribution in [0.2, 0.25) is 0 Å². The van der Waals surface area contributed by atoms with Crippen molar-refractivity contribution in [3.8, 4) is 0 Å². The lowest BCUT2D eigenvalue weighted by atomic mass is 10.1. The van der Waals surface area contributed by atoms with Crippen molar-refractivity contribution in [3.05, 3.63) is 35.7 Å². The van der Waals surface area contributed by atoms with Crippen LogP contribution in [0.5, 0.6) is 0 Å². The van der Waals surface area contributed by atoms with Gasteiger partial charge in [-0.3, -0.25) is 0 Å². The Morgan fingerprint density at radius 1 is 1.11 bits per heavy atom. The van der Waals surface area contributed by atoms with Crippen molar-refractivity contribution in [2.45, 2.75) is 25.1 Å². The molecule has 12 heteroatoms. The molecule has 1 aromatic heterocycles. The van der Waals surface area contributed by atoms with Crippen molar-refractivity contribution >= 4 is 28.9 Å². The van der Waals surface area contributed by atoms with Gasteiger partial charge in [0.2, 0.25) is 0 Å². The predicted octanol–water partition coefficient (Wildman–Crippen LogP) is -0.746. The van der Waals surface area contributed by atoms with Gasteiger partial charge in [-0.05, 0) is 18.6 Å². The second-order valence-electron chi connectivity index (χ2n) is 5.17. The minimum atomic E-state index is -5.19. The molecule has 2 aromatic rings. The second kappa shape index (κ2) is 8.89. The number of alkyl halides is 3. The molecule has 0 saturated carbocycles. The number of carboxylic acid groups (broad SMARTS) is 3. The van der Waals surface area contributed by atoms with Gasteiger partial charge in [-0.25, -0.2) is 19.6 Å². The molecule has 0 amide bonds. The maximum Gasteiger partial charge on any atom is 0.430 e. The average molecular weight is 389 g/mol. The van der Waals surface area contributed by atoms with Gasteiger partial charge < -0.3 is 25.8 Å². The van der Waals surface area contributed by atoms with Gasteiger partial charge in [-0.2, -0.15) is 13.2 Å². The van der Waals surface area contributed by atoms with Crippen LogP contribution in [-0.4, -0.2) is 50.3 Å². The molecule has 0 aliphatic carbocycles. The number of hydrogen-bond acceptors (Lipinski definition) is 6. The third kappa shape index (κ3) is 6.51. The average Bonchev–Trinajstić information content (AvgIpc) is 2.58. The summed E-state index contributed by atoms with van der Waals surface area (Å²) in [6.45, 7) is 0. The Labute approximate surface area is 149 Å². The number of aromatic nitrogens is 2. The minimum Gasteiger partial charge on any atom is -0.542 e. The molecule has 9 nitrogen and oxygen atoms in total. The molecular weight excluding hydrogens is 375 g/mol. The molecule has 146 valence electrons. The first kappa shape index (κ1) is 21.8. The lowest BCUT2D eigenvalue weighted by molar-refractivity contribution is -0.408. The molecule has 0 saturated heterocycles. The fourth-order valence-electron chi connectivity index (χ4n) is 1.82. The number of halogens is 3. The maximum absolute atomic E-state index is 11.2. The molecule has 0 radical (unpaired) electrons. The van der Waals surface area contributed by atoms with E-state index in [-0.39, 0.29) is 24.2 Å². The second-order valence-corrected chi connectivity index (χ2v) is 5.17. The first-order valence-electron chi connectivity index (χ1n) is 7.26. The van der Waals surface area contributed by atoms with E-state index in [4.69, 9.17) is 20.1 Å². The van der Waals surface area contributed by atoms with E-state index < -0.39 is 30.1 Å². The number of aliphatic carboxylic acids is 2. The number of carboxylic acids is 3. The van der Waals surface area contributed by atoms with Crippen molar-refractivity contribution in [2.75, 3.05) is 0 Å². The third-order valence-corrected chi connectivity index (χ3v) is 3.16. The molecule has 0 unspecified atom stereocenters. The molecule has 5 N–H and O–H groups in total. The van der Waals surface area contributed by atoms with Gasteiger partial charge in [0.05, 0.1) is 16.7 Å². The quantitative estimate of drug-likeness (QED) is 0.600. The summed E-state index contributed by atoms with van der Waals surface area (Å²) in [7, 11) is 0. The van der Waals surface area contributed by atoms with Crippen LogP contribution in [0.15, 0.2) is 24.3 Å². The Hall–Kier alpha value is -3.28. The molecule has 0 bridgehead atoms. The molecule has 0 fully saturated rings. The zero-order valence-electron chi connectivity index (χ0n) is 13.6. The van der Waals surface area contributed by atoms with Crippen molar-refractivity contribution in [1.29, 1.82) is 0 Å². The van der Waals surface area contributed by atoms with Crippen LogP contribution in [0.4, 0.5) is 13.2 Å². The smallest absolute Gasteiger partial charge is 0.430 e. The van der Waals surface area contributed by atoms with Crippen LogP contribution in [0, 0.1) is 0 Å². The lowest BCUT2D eigenvalue weighted by Gasteiger charge is -2.07. The van der Waals surface area contributed by atoms with Crippen LogP contribution in [0.3, 0.4) is 0 Å². The third-order valence-electron chi connectivity index (χ3n) is 3.16. The molecule has 1 atom stereocenters. The van der Waals surface area contributed by atoms with Crippen LogP contribution in [0.25, 0.3) is 11.0 Å². The summed E-state index contributed by atoms with van der Waals surface area (Å²) in [5.74, 6) is -5.20. The fourth-order valence-corrected chi connectivity index (χ4v) is 1.82. The lowest BCUT2D eigenvalue weighted by Crippen LogP contribution is -2.65. The molecule has 0 aliphatic heterocycles. The minimum absolute atomic E-state index is 0.138. The van der Waals surface area contributed by atoms with Crippen LogP contribution >= 0.6 is 0 Å². The number of aromatic carboxylic acids is 1. The molecule has 1 heterocycles. The number of para-hydroxylation sites is 2. The fraction of sp³-hybridized carbons (Fsp3) is 0.267. The Bertz CT molecular complexity index is 856. The number of rotatable bonds is 5.